The molecule has 160 valence electrons. The summed E-state index contributed by atoms with van der Waals surface area (Å²) in [5, 5.41) is 21.6. The van der Waals surface area contributed by atoms with Crippen molar-refractivity contribution in [2.24, 2.45) is 0 Å². The van der Waals surface area contributed by atoms with Crippen molar-refractivity contribution in [2.75, 3.05) is 13.1 Å². The summed E-state index contributed by atoms with van der Waals surface area (Å²) in [4.78, 5) is 38.6. The highest BCUT2D eigenvalue weighted by Crippen LogP contribution is 2.36. The number of piperidine rings is 1. The van der Waals surface area contributed by atoms with Crippen LogP contribution in [-0.4, -0.2) is 63.9 Å². The van der Waals surface area contributed by atoms with Crippen LogP contribution in [0.25, 0.3) is 0 Å². The van der Waals surface area contributed by atoms with Gasteiger partial charge in [0.1, 0.15) is 5.60 Å². The molecule has 0 spiro atoms. The van der Waals surface area contributed by atoms with E-state index in [1.54, 1.807) is 25.7 Å². The lowest BCUT2D eigenvalue weighted by atomic mass is 9.71. The SMILES string of the molecule is C[C@H](O)[C@@H](NC(=O)C1(c2ccccc2)CCN(C(=O)OC(C)(C)C)CC1)C(=O)O. The normalized spacial score (nSPS) is 18.4. The molecule has 1 aromatic rings. The number of ether oxygens (including phenoxy) is 1. The second kappa shape index (κ2) is 8.82. The zero-order chi connectivity index (χ0) is 21.8. The summed E-state index contributed by atoms with van der Waals surface area (Å²) in [5.74, 6) is -1.77. The minimum atomic E-state index is -1.41. The first-order valence-corrected chi connectivity index (χ1v) is 9.71. The molecule has 2 rings (SSSR count). The van der Waals surface area contributed by atoms with Crippen molar-refractivity contribution >= 4 is 18.0 Å². The minimum absolute atomic E-state index is 0.295. The first-order chi connectivity index (χ1) is 13.5. The number of likely N-dealkylation sites (tertiary alicyclic amines) is 1. The number of carbonyl (C=O) groups excluding carboxylic acids is 2. The van der Waals surface area contributed by atoms with Gasteiger partial charge in [0.2, 0.25) is 5.91 Å². The molecule has 0 bridgehead atoms. The van der Waals surface area contributed by atoms with E-state index < -0.39 is 41.1 Å². The van der Waals surface area contributed by atoms with Crippen LogP contribution in [0.4, 0.5) is 4.79 Å². The number of amides is 2. The molecule has 1 aliphatic rings. The van der Waals surface area contributed by atoms with Crippen LogP contribution in [0.2, 0.25) is 0 Å². The molecule has 1 heterocycles. The zero-order valence-electron chi connectivity index (χ0n) is 17.3. The maximum Gasteiger partial charge on any atom is 0.410 e. The Morgan fingerprint density at radius 3 is 2.14 bits per heavy atom. The van der Waals surface area contributed by atoms with Gasteiger partial charge in [-0.1, -0.05) is 30.3 Å². The molecule has 1 aromatic carbocycles. The molecule has 3 N–H and O–H groups in total. The van der Waals surface area contributed by atoms with E-state index in [4.69, 9.17) is 4.74 Å². The van der Waals surface area contributed by atoms with Gasteiger partial charge >= 0.3 is 12.1 Å². The number of nitrogens with zero attached hydrogens (tertiary/aromatic N) is 1. The van der Waals surface area contributed by atoms with Crippen LogP contribution in [0.5, 0.6) is 0 Å². The third-order valence-electron chi connectivity index (χ3n) is 5.06. The van der Waals surface area contributed by atoms with Crippen molar-refractivity contribution in [3.8, 4) is 0 Å². The van der Waals surface area contributed by atoms with Gasteiger partial charge in [0, 0.05) is 13.1 Å². The quantitative estimate of drug-likeness (QED) is 0.688. The topological polar surface area (TPSA) is 116 Å². The minimum Gasteiger partial charge on any atom is -0.480 e. The van der Waals surface area contributed by atoms with Gasteiger partial charge < -0.3 is 25.2 Å². The molecule has 0 saturated carbocycles. The van der Waals surface area contributed by atoms with Crippen molar-refractivity contribution in [3.05, 3.63) is 35.9 Å². The maximum absolute atomic E-state index is 13.2. The number of carbonyl (C=O) groups is 3. The Hall–Kier alpha value is -2.61. The van der Waals surface area contributed by atoms with Crippen LogP contribution >= 0.6 is 0 Å². The molecule has 0 aromatic heterocycles. The van der Waals surface area contributed by atoms with E-state index in [2.05, 4.69) is 5.32 Å². The van der Waals surface area contributed by atoms with E-state index >= 15 is 0 Å². The van der Waals surface area contributed by atoms with Gasteiger partial charge in [0.25, 0.3) is 0 Å². The van der Waals surface area contributed by atoms with Crippen LogP contribution < -0.4 is 5.32 Å². The standard InChI is InChI=1S/C21H30N2O6/c1-14(24)16(17(25)26)22-18(27)21(15-8-6-5-7-9-15)10-12-23(13-11-21)19(28)29-20(2,3)4/h5-9,14,16,24H,10-13H2,1-4H3,(H,22,27)(H,25,26)/t14-,16+/m0/s1. The van der Waals surface area contributed by atoms with Crippen molar-refractivity contribution in [2.45, 2.75) is 63.7 Å². The Balaban J connectivity index is 2.25. The van der Waals surface area contributed by atoms with Crippen LogP contribution in [0.15, 0.2) is 30.3 Å². The van der Waals surface area contributed by atoms with E-state index in [0.717, 1.165) is 5.56 Å². The first kappa shape index (κ1) is 22.7. The summed E-state index contributed by atoms with van der Waals surface area (Å²) >= 11 is 0. The number of hydrogen-bond acceptors (Lipinski definition) is 5. The van der Waals surface area contributed by atoms with Crippen molar-refractivity contribution in [1.82, 2.24) is 10.2 Å². The van der Waals surface area contributed by atoms with Gasteiger partial charge in [-0.2, -0.15) is 0 Å². The van der Waals surface area contributed by atoms with Gasteiger partial charge in [0.15, 0.2) is 6.04 Å². The fourth-order valence-corrected chi connectivity index (χ4v) is 3.47. The molecule has 0 radical (unpaired) electrons. The molecule has 1 saturated heterocycles. The number of carboxylic acid groups (broad SMARTS) is 1. The molecule has 2 atom stereocenters. The molecule has 0 unspecified atom stereocenters. The monoisotopic (exact) mass is 406 g/mol. The molecule has 8 heteroatoms. The smallest absolute Gasteiger partial charge is 0.410 e. The highest BCUT2D eigenvalue weighted by atomic mass is 16.6. The summed E-state index contributed by atoms with van der Waals surface area (Å²) in [6.07, 6.45) is -1.05. The molecule has 8 nitrogen and oxygen atoms in total. The zero-order valence-corrected chi connectivity index (χ0v) is 17.3. The lowest BCUT2D eigenvalue weighted by molar-refractivity contribution is -0.146. The summed E-state index contributed by atoms with van der Waals surface area (Å²) in [5.41, 5.74) is -0.868. The lowest BCUT2D eigenvalue weighted by Crippen LogP contribution is -2.58. The van der Waals surface area contributed by atoms with Crippen LogP contribution in [0.1, 0.15) is 46.1 Å². The summed E-state index contributed by atoms with van der Waals surface area (Å²) in [6.45, 7) is 7.28. The average Bonchev–Trinajstić information content (AvgIpc) is 2.64. The molecule has 1 fully saturated rings. The summed E-state index contributed by atoms with van der Waals surface area (Å²) in [7, 11) is 0. The second-order valence-electron chi connectivity index (χ2n) is 8.45. The summed E-state index contributed by atoms with van der Waals surface area (Å²) in [6, 6.07) is 7.69. The number of benzene rings is 1. The number of aliphatic carboxylic acids is 1. The Morgan fingerprint density at radius 1 is 1.14 bits per heavy atom. The number of rotatable bonds is 5. The molecule has 0 aliphatic carbocycles. The first-order valence-electron chi connectivity index (χ1n) is 9.71. The van der Waals surface area contributed by atoms with E-state index in [0.29, 0.717) is 25.9 Å². The average molecular weight is 406 g/mol. The Morgan fingerprint density at radius 2 is 1.69 bits per heavy atom. The van der Waals surface area contributed by atoms with E-state index in [1.165, 1.54) is 6.92 Å². The van der Waals surface area contributed by atoms with Crippen molar-refractivity contribution in [3.63, 3.8) is 0 Å². The summed E-state index contributed by atoms with van der Waals surface area (Å²) < 4.78 is 5.41. The van der Waals surface area contributed by atoms with E-state index in [1.807, 2.05) is 30.3 Å². The van der Waals surface area contributed by atoms with Crippen molar-refractivity contribution in [1.29, 1.82) is 0 Å². The van der Waals surface area contributed by atoms with Gasteiger partial charge in [-0.05, 0) is 46.1 Å². The second-order valence-corrected chi connectivity index (χ2v) is 8.45. The van der Waals surface area contributed by atoms with Crippen LogP contribution in [0.3, 0.4) is 0 Å². The van der Waals surface area contributed by atoms with Gasteiger partial charge in [-0.25, -0.2) is 9.59 Å². The number of aliphatic hydroxyl groups is 1. The maximum atomic E-state index is 13.2. The largest absolute Gasteiger partial charge is 0.480 e. The van der Waals surface area contributed by atoms with E-state index in [-0.39, 0.29) is 0 Å². The number of hydrogen-bond donors (Lipinski definition) is 3. The molecule has 29 heavy (non-hydrogen) atoms. The third-order valence-corrected chi connectivity index (χ3v) is 5.06. The molecular weight excluding hydrogens is 376 g/mol. The van der Waals surface area contributed by atoms with E-state index in [9.17, 15) is 24.6 Å². The lowest BCUT2D eigenvalue weighted by Gasteiger charge is -2.41. The molecule has 2 amide bonds. The Labute approximate surface area is 170 Å². The fourth-order valence-electron chi connectivity index (χ4n) is 3.47. The highest BCUT2D eigenvalue weighted by molar-refractivity contribution is 5.92. The number of aliphatic hydroxyl groups excluding tert-OH is 1. The fraction of sp³-hybridized carbons (Fsp3) is 0.571. The van der Waals surface area contributed by atoms with Gasteiger partial charge in [0.05, 0.1) is 11.5 Å². The highest BCUT2D eigenvalue weighted by Gasteiger charge is 2.45. The van der Waals surface area contributed by atoms with Gasteiger partial charge in [-0.3, -0.25) is 4.79 Å². The van der Waals surface area contributed by atoms with Crippen LogP contribution in [-0.2, 0) is 19.7 Å². The number of nitrogens with one attached hydrogen (secondary N) is 1. The van der Waals surface area contributed by atoms with Crippen LogP contribution in [0, 0.1) is 0 Å². The molecule has 1 aliphatic heterocycles. The third kappa shape index (κ3) is 5.47. The predicted molar refractivity (Wildman–Crippen MR) is 106 cm³/mol. The molecular formula is C21H30N2O6. The number of carboxylic acids is 1. The van der Waals surface area contributed by atoms with Crippen molar-refractivity contribution < 1.29 is 29.3 Å². The Kier molecular flexibility index (Phi) is 6.89. The Bertz CT molecular complexity index is 733. The van der Waals surface area contributed by atoms with Gasteiger partial charge in [-0.15, -0.1) is 0 Å². The predicted octanol–water partition coefficient (Wildman–Crippen LogP) is 1.91.